The number of benzene rings is 2. The van der Waals surface area contributed by atoms with Gasteiger partial charge >= 0.3 is 0 Å². The number of ether oxygens (including phenoxy) is 1. The van der Waals surface area contributed by atoms with Gasteiger partial charge in [-0.05, 0) is 35.2 Å². The van der Waals surface area contributed by atoms with E-state index in [0.717, 1.165) is 18.5 Å². The Morgan fingerprint density at radius 2 is 1.91 bits per heavy atom. The Bertz CT molecular complexity index is 714. The van der Waals surface area contributed by atoms with Crippen LogP contribution in [0.25, 0.3) is 0 Å². The molecule has 5 heteroatoms. The molecule has 2 atom stereocenters. The summed E-state index contributed by atoms with van der Waals surface area (Å²) in [6.45, 7) is 1.54. The van der Waals surface area contributed by atoms with E-state index in [1.54, 1.807) is 24.3 Å². The molecule has 2 aromatic rings. The molecule has 0 bridgehead atoms. The lowest BCUT2D eigenvalue weighted by atomic mass is 9.95. The highest BCUT2D eigenvalue weighted by Crippen LogP contribution is 2.43. The molecule has 22 heavy (non-hydrogen) atoms. The van der Waals surface area contributed by atoms with Crippen LogP contribution in [0.5, 0.6) is 0 Å². The summed E-state index contributed by atoms with van der Waals surface area (Å²) < 4.78 is 5.97. The summed E-state index contributed by atoms with van der Waals surface area (Å²) in [5.41, 5.74) is 3.89. The standard InChI is InChI=1S/C17H16N2O3/c20-19(21)14-7-5-12(6-8-14)17-9-16-15-4-2-1-3-13(15)10-18(16)11-22-17/h1-8,16-17H,9-11H2/t16-,17+/m0/s1. The fourth-order valence-electron chi connectivity index (χ4n) is 3.44. The Morgan fingerprint density at radius 3 is 2.68 bits per heavy atom. The fraction of sp³-hybridized carbons (Fsp3) is 0.294. The van der Waals surface area contributed by atoms with E-state index in [0.29, 0.717) is 12.8 Å². The van der Waals surface area contributed by atoms with Crippen molar-refractivity contribution in [3.8, 4) is 0 Å². The van der Waals surface area contributed by atoms with Crippen LogP contribution in [0.1, 0.15) is 35.3 Å². The Balaban J connectivity index is 1.57. The average Bonchev–Trinajstić information content (AvgIpc) is 2.92. The molecular weight excluding hydrogens is 280 g/mol. The van der Waals surface area contributed by atoms with Crippen LogP contribution < -0.4 is 0 Å². The summed E-state index contributed by atoms with van der Waals surface area (Å²) in [5, 5.41) is 10.7. The van der Waals surface area contributed by atoms with Gasteiger partial charge in [0, 0.05) is 24.7 Å². The van der Waals surface area contributed by atoms with Crippen LogP contribution in [0.4, 0.5) is 5.69 Å². The van der Waals surface area contributed by atoms with Crippen molar-refractivity contribution in [2.45, 2.75) is 25.1 Å². The molecule has 0 aliphatic carbocycles. The molecule has 4 rings (SSSR count). The molecular formula is C17H16N2O3. The van der Waals surface area contributed by atoms with E-state index in [-0.39, 0.29) is 16.7 Å². The van der Waals surface area contributed by atoms with Crippen LogP contribution >= 0.6 is 0 Å². The van der Waals surface area contributed by atoms with Crippen molar-refractivity contribution in [1.29, 1.82) is 0 Å². The lowest BCUT2D eigenvalue weighted by Gasteiger charge is -2.35. The smallest absolute Gasteiger partial charge is 0.269 e. The zero-order chi connectivity index (χ0) is 15.1. The normalized spacial score (nSPS) is 23.8. The van der Waals surface area contributed by atoms with Crippen LogP contribution in [-0.4, -0.2) is 16.6 Å². The van der Waals surface area contributed by atoms with E-state index in [1.807, 2.05) is 0 Å². The van der Waals surface area contributed by atoms with Gasteiger partial charge in [0.25, 0.3) is 5.69 Å². The quantitative estimate of drug-likeness (QED) is 0.628. The summed E-state index contributed by atoms with van der Waals surface area (Å²) in [6.07, 6.45) is 0.877. The first-order valence-electron chi connectivity index (χ1n) is 7.40. The molecule has 0 amide bonds. The first-order chi connectivity index (χ1) is 10.7. The van der Waals surface area contributed by atoms with E-state index >= 15 is 0 Å². The van der Waals surface area contributed by atoms with Gasteiger partial charge in [0.15, 0.2) is 0 Å². The van der Waals surface area contributed by atoms with Crippen LogP contribution in [0.2, 0.25) is 0 Å². The molecule has 0 aromatic heterocycles. The molecule has 0 spiro atoms. The number of non-ortho nitro benzene ring substituents is 1. The predicted molar refractivity (Wildman–Crippen MR) is 81.1 cm³/mol. The summed E-state index contributed by atoms with van der Waals surface area (Å²) in [6, 6.07) is 15.6. The SMILES string of the molecule is O=[N+]([O-])c1ccc([C@H]2C[C@H]3c4ccccc4CN3CO2)cc1. The number of nitrogens with zero attached hydrogens (tertiary/aromatic N) is 2. The van der Waals surface area contributed by atoms with Crippen LogP contribution in [-0.2, 0) is 11.3 Å². The third kappa shape index (κ3) is 2.19. The van der Waals surface area contributed by atoms with Gasteiger partial charge in [0.05, 0.1) is 11.0 Å². The van der Waals surface area contributed by atoms with Gasteiger partial charge in [-0.15, -0.1) is 0 Å². The number of nitro groups is 1. The number of hydrogen-bond acceptors (Lipinski definition) is 4. The van der Waals surface area contributed by atoms with Gasteiger partial charge < -0.3 is 4.74 Å². The molecule has 112 valence electrons. The Hall–Kier alpha value is -2.24. The van der Waals surface area contributed by atoms with Crippen LogP contribution in [0.15, 0.2) is 48.5 Å². The van der Waals surface area contributed by atoms with Crippen LogP contribution in [0, 0.1) is 10.1 Å². The van der Waals surface area contributed by atoms with Gasteiger partial charge in [-0.25, -0.2) is 0 Å². The molecule has 2 aromatic carbocycles. The second-order valence-electron chi connectivity index (χ2n) is 5.83. The van der Waals surface area contributed by atoms with Gasteiger partial charge in [0.2, 0.25) is 0 Å². The third-order valence-electron chi connectivity index (χ3n) is 4.58. The van der Waals surface area contributed by atoms with E-state index < -0.39 is 0 Å². The molecule has 2 heterocycles. The maximum Gasteiger partial charge on any atom is 0.269 e. The number of fused-ring (bicyclic) bond motifs is 3. The minimum atomic E-state index is -0.375. The maximum absolute atomic E-state index is 10.7. The zero-order valence-corrected chi connectivity index (χ0v) is 12.0. The largest absolute Gasteiger partial charge is 0.358 e. The van der Waals surface area contributed by atoms with Crippen molar-refractivity contribution in [2.75, 3.05) is 6.73 Å². The van der Waals surface area contributed by atoms with Crippen molar-refractivity contribution in [2.24, 2.45) is 0 Å². The molecule has 0 unspecified atom stereocenters. The Labute approximate surface area is 128 Å². The molecule has 1 saturated heterocycles. The molecule has 0 radical (unpaired) electrons. The molecule has 5 nitrogen and oxygen atoms in total. The van der Waals surface area contributed by atoms with E-state index in [2.05, 4.69) is 29.2 Å². The highest BCUT2D eigenvalue weighted by Gasteiger charge is 2.36. The number of rotatable bonds is 2. The van der Waals surface area contributed by atoms with Crippen molar-refractivity contribution in [1.82, 2.24) is 4.90 Å². The lowest BCUT2D eigenvalue weighted by molar-refractivity contribution is -0.384. The van der Waals surface area contributed by atoms with Crippen molar-refractivity contribution in [3.63, 3.8) is 0 Å². The van der Waals surface area contributed by atoms with E-state index in [4.69, 9.17) is 4.74 Å². The Morgan fingerprint density at radius 1 is 1.14 bits per heavy atom. The van der Waals surface area contributed by atoms with Crippen molar-refractivity contribution in [3.05, 3.63) is 75.3 Å². The minimum Gasteiger partial charge on any atom is -0.358 e. The molecule has 2 aliphatic rings. The van der Waals surface area contributed by atoms with E-state index in [1.165, 1.54) is 11.1 Å². The van der Waals surface area contributed by atoms with Crippen molar-refractivity contribution >= 4 is 5.69 Å². The summed E-state index contributed by atoms with van der Waals surface area (Å²) >= 11 is 0. The highest BCUT2D eigenvalue weighted by molar-refractivity contribution is 5.37. The van der Waals surface area contributed by atoms with Gasteiger partial charge in [0.1, 0.15) is 6.73 Å². The second kappa shape index (κ2) is 5.19. The predicted octanol–water partition coefficient (Wildman–Crippen LogP) is 3.57. The highest BCUT2D eigenvalue weighted by atomic mass is 16.6. The molecule has 0 saturated carbocycles. The molecule has 1 fully saturated rings. The fourth-order valence-corrected chi connectivity index (χ4v) is 3.44. The first kappa shape index (κ1) is 13.4. The van der Waals surface area contributed by atoms with Crippen LogP contribution in [0.3, 0.4) is 0 Å². The van der Waals surface area contributed by atoms with Crippen molar-refractivity contribution < 1.29 is 9.66 Å². The van der Waals surface area contributed by atoms with Gasteiger partial charge in [-0.1, -0.05) is 24.3 Å². The third-order valence-corrected chi connectivity index (χ3v) is 4.58. The molecule has 0 N–H and O–H groups in total. The lowest BCUT2D eigenvalue weighted by Crippen LogP contribution is -2.33. The average molecular weight is 296 g/mol. The summed E-state index contributed by atoms with van der Waals surface area (Å²) in [7, 11) is 0. The monoisotopic (exact) mass is 296 g/mol. The topological polar surface area (TPSA) is 55.6 Å². The summed E-state index contributed by atoms with van der Waals surface area (Å²) in [5.74, 6) is 0. The first-order valence-corrected chi connectivity index (χ1v) is 7.40. The number of hydrogen-bond donors (Lipinski definition) is 0. The summed E-state index contributed by atoms with van der Waals surface area (Å²) in [4.78, 5) is 12.7. The number of nitro benzene ring substituents is 1. The van der Waals surface area contributed by atoms with Gasteiger partial charge in [-0.3, -0.25) is 15.0 Å². The second-order valence-corrected chi connectivity index (χ2v) is 5.83. The van der Waals surface area contributed by atoms with Gasteiger partial charge in [-0.2, -0.15) is 0 Å². The maximum atomic E-state index is 10.7. The molecule has 2 aliphatic heterocycles. The van der Waals surface area contributed by atoms with E-state index in [9.17, 15) is 10.1 Å². The Kier molecular flexibility index (Phi) is 3.17. The minimum absolute atomic E-state index is 0.00629. The zero-order valence-electron chi connectivity index (χ0n) is 12.0.